The molecule has 4 aliphatic rings. The predicted octanol–water partition coefficient (Wildman–Crippen LogP) is 7.30. The number of amides is 1. The van der Waals surface area contributed by atoms with Crippen LogP contribution >= 0.6 is 17.0 Å². The minimum atomic E-state index is -1.06. The molecule has 10 atom stereocenters. The van der Waals surface area contributed by atoms with Gasteiger partial charge in [-0.1, -0.05) is 60.7 Å². The van der Waals surface area contributed by atoms with E-state index in [1.54, 1.807) is 41.5 Å². The van der Waals surface area contributed by atoms with Gasteiger partial charge < -0.3 is 40.2 Å². The molecule has 2 aliphatic heterocycles. The lowest BCUT2D eigenvalue weighted by Crippen LogP contribution is -2.49. The number of carbonyl (C=O) groups is 3. The maximum atomic E-state index is 12.2. The molecule has 4 bridgehead atoms. The van der Waals surface area contributed by atoms with Crippen molar-refractivity contribution in [1.82, 2.24) is 15.1 Å². The van der Waals surface area contributed by atoms with Crippen LogP contribution in [0.25, 0.3) is 0 Å². The molecule has 0 radical (unpaired) electrons. The van der Waals surface area contributed by atoms with Crippen LogP contribution in [0.1, 0.15) is 112 Å². The summed E-state index contributed by atoms with van der Waals surface area (Å²) in [5.41, 5.74) is 6.81. The molecule has 6 rings (SSSR count). The van der Waals surface area contributed by atoms with Crippen LogP contribution in [-0.2, 0) is 18.9 Å². The third kappa shape index (κ3) is 13.6. The average molecular weight is 864 g/mol. The van der Waals surface area contributed by atoms with E-state index >= 15 is 0 Å². The van der Waals surface area contributed by atoms with Crippen molar-refractivity contribution in [3.05, 3.63) is 71.8 Å². The zero-order valence-electron chi connectivity index (χ0n) is 35.5. The molecule has 1 amide bonds. The fourth-order valence-electron chi connectivity index (χ4n) is 8.23. The Morgan fingerprint density at radius 2 is 1.05 bits per heavy atom. The zero-order valence-corrected chi connectivity index (χ0v) is 37.2. The number of nitrogens with one attached hydrogen (secondary N) is 1. The summed E-state index contributed by atoms with van der Waals surface area (Å²) in [5.74, 6) is 0.741. The molecule has 2 saturated heterocycles. The Hall–Kier alpha value is -3.27. The number of nitrogens with zero attached hydrogens (tertiary/aromatic N) is 2. The van der Waals surface area contributed by atoms with Gasteiger partial charge in [-0.05, 0) is 112 Å². The van der Waals surface area contributed by atoms with Crippen LogP contribution in [0.4, 0.5) is 14.4 Å². The summed E-state index contributed by atoms with van der Waals surface area (Å²) in [6.45, 7) is 21.9. The topological polar surface area (TPSA) is 173 Å². The number of carbonyl (C=O) groups excluding carboxylic acids is 3. The second-order valence-corrected chi connectivity index (χ2v) is 18.5. The number of hydrogen-bond donors (Lipinski definition) is 4. The first-order valence-corrected chi connectivity index (χ1v) is 19.8. The van der Waals surface area contributed by atoms with E-state index in [1.165, 1.54) is 11.1 Å². The van der Waals surface area contributed by atoms with Gasteiger partial charge in [0, 0.05) is 31.2 Å². The summed E-state index contributed by atoms with van der Waals surface area (Å²) in [7, 11) is 0. The van der Waals surface area contributed by atoms with Gasteiger partial charge in [-0.25, -0.2) is 14.4 Å². The molecular formula is C43H67BrN4O9. The second-order valence-electron chi connectivity index (χ2n) is 18.5. The van der Waals surface area contributed by atoms with Crippen molar-refractivity contribution < 1.29 is 43.5 Å². The first kappa shape index (κ1) is 48.1. The fourth-order valence-corrected chi connectivity index (χ4v) is 8.23. The van der Waals surface area contributed by atoms with Crippen LogP contribution < -0.4 is 11.1 Å². The molecule has 0 aromatic heterocycles. The first-order chi connectivity index (χ1) is 25.9. The van der Waals surface area contributed by atoms with E-state index in [4.69, 9.17) is 19.9 Å². The van der Waals surface area contributed by atoms with Gasteiger partial charge in [0.05, 0.1) is 30.3 Å². The van der Waals surface area contributed by atoms with Crippen LogP contribution in [0.15, 0.2) is 60.7 Å². The summed E-state index contributed by atoms with van der Waals surface area (Å²) < 4.78 is 19.2. The summed E-state index contributed by atoms with van der Waals surface area (Å²) in [6.07, 6.45) is -1.54. The molecule has 57 heavy (non-hydrogen) atoms. The Labute approximate surface area is 349 Å². The summed E-state index contributed by atoms with van der Waals surface area (Å²) in [4.78, 5) is 38.9. The van der Waals surface area contributed by atoms with Crippen molar-refractivity contribution in [1.29, 1.82) is 0 Å². The van der Waals surface area contributed by atoms with E-state index in [-0.39, 0.29) is 59.2 Å². The summed E-state index contributed by atoms with van der Waals surface area (Å²) >= 11 is 0. The van der Waals surface area contributed by atoms with E-state index in [0.29, 0.717) is 12.0 Å². The number of likely N-dealkylation sites (tertiary alicyclic amines) is 2. The van der Waals surface area contributed by atoms with E-state index in [9.17, 15) is 24.6 Å². The van der Waals surface area contributed by atoms with Crippen LogP contribution in [-0.4, -0.2) is 105 Å². The highest BCUT2D eigenvalue weighted by atomic mass is 79.9. The van der Waals surface area contributed by atoms with Gasteiger partial charge in [-0.15, -0.1) is 17.0 Å². The maximum Gasteiger partial charge on any atom is 0.519 e. The Bertz CT molecular complexity index is 1570. The SMILES string of the molecule is Br.CC(C)(C)OC(=O)OC(=O)OC(C)(C)C.C[C@@H](c1ccccc1)N1C[C@H]2C[C@H](O)[C@@H]1[C@@H]2N.C[C@@H](c1ccccc1)N1C[C@H]2C[C@H](O)[C@@H]1[C@@H]2NC(=O)OC(C)(C)C. The Kier molecular flexibility index (Phi) is 16.6. The lowest BCUT2D eigenvalue weighted by molar-refractivity contribution is -0.0294. The van der Waals surface area contributed by atoms with Crippen LogP contribution in [0.3, 0.4) is 0 Å². The maximum absolute atomic E-state index is 12.2. The molecule has 2 aromatic rings. The number of halogens is 1. The Morgan fingerprint density at radius 1 is 0.667 bits per heavy atom. The largest absolute Gasteiger partial charge is 0.519 e. The van der Waals surface area contributed by atoms with Crippen molar-refractivity contribution >= 4 is 35.4 Å². The van der Waals surface area contributed by atoms with Gasteiger partial charge in [0.25, 0.3) is 0 Å². The highest BCUT2D eigenvalue weighted by molar-refractivity contribution is 8.93. The summed E-state index contributed by atoms with van der Waals surface area (Å²) in [5, 5.41) is 23.5. The van der Waals surface area contributed by atoms with E-state index in [0.717, 1.165) is 25.9 Å². The number of hydrogen-bond acceptors (Lipinski definition) is 12. The zero-order chi connectivity index (χ0) is 41.7. The van der Waals surface area contributed by atoms with Crippen molar-refractivity contribution in [3.63, 3.8) is 0 Å². The standard InChI is InChI=1S/C19H28N2O3.C14H20N2O.C10H18O5.BrH/c1-12(13-8-6-5-7-9-13)21-11-14-10-15(22)17(21)16(14)20-18(23)24-19(2,3)4;1-9(10-5-3-2-4-6-10)16-8-11-7-12(17)14(16)13(11)15;1-9(2,3)14-7(11)13-8(12)15-10(4,5)6;/h5-9,12,14-17,22H,10-11H2,1-4H3,(H,20,23);2-6,9,11-14,17H,7-8,15H2,1H3;1-6H3;1H/t12-,14+,15-,16+,17+;9-,11+,12-,13+,14+;;/m00../s1. The summed E-state index contributed by atoms with van der Waals surface area (Å²) in [6, 6.07) is 21.5. The number of rotatable bonds is 5. The average Bonchev–Trinajstić information content (AvgIpc) is 3.77. The smallest absolute Gasteiger partial charge is 0.444 e. The number of ether oxygens (including phenoxy) is 4. The quantitative estimate of drug-likeness (QED) is 0.135. The molecular weight excluding hydrogens is 796 g/mol. The molecule has 0 unspecified atom stereocenters. The molecule has 4 fully saturated rings. The second kappa shape index (κ2) is 19.7. The molecule has 0 spiro atoms. The highest BCUT2D eigenvalue weighted by Gasteiger charge is 2.54. The molecule has 5 N–H and O–H groups in total. The monoisotopic (exact) mass is 862 g/mol. The van der Waals surface area contributed by atoms with Gasteiger partial charge in [0.15, 0.2) is 0 Å². The molecule has 13 nitrogen and oxygen atoms in total. The molecule has 2 saturated carbocycles. The third-order valence-corrected chi connectivity index (χ3v) is 10.5. The normalized spacial score (nSPS) is 27.7. The number of piperidine rings is 2. The van der Waals surface area contributed by atoms with Gasteiger partial charge in [-0.2, -0.15) is 0 Å². The first-order valence-electron chi connectivity index (χ1n) is 19.8. The van der Waals surface area contributed by atoms with E-state index in [2.05, 4.69) is 70.1 Å². The molecule has 14 heteroatoms. The third-order valence-electron chi connectivity index (χ3n) is 10.5. The minimum Gasteiger partial charge on any atom is -0.444 e. The van der Waals surface area contributed by atoms with Crippen LogP contribution in [0.5, 0.6) is 0 Å². The number of alkyl carbamates (subject to hydrolysis) is 1. The van der Waals surface area contributed by atoms with E-state index < -0.39 is 41.3 Å². The molecule has 2 heterocycles. The predicted molar refractivity (Wildman–Crippen MR) is 224 cm³/mol. The Morgan fingerprint density at radius 3 is 1.46 bits per heavy atom. The number of benzene rings is 2. The number of fused-ring (bicyclic) bond motifs is 4. The van der Waals surface area contributed by atoms with Gasteiger partial charge >= 0.3 is 18.4 Å². The number of nitrogens with two attached hydrogens (primary N) is 1. The van der Waals surface area contributed by atoms with Crippen molar-refractivity contribution in [2.75, 3.05) is 13.1 Å². The number of aliphatic hydroxyl groups is 2. The fraction of sp³-hybridized carbons (Fsp3) is 0.651. The van der Waals surface area contributed by atoms with Crippen molar-refractivity contribution in [3.8, 4) is 0 Å². The lowest BCUT2D eigenvalue weighted by atomic mass is 10.0. The molecule has 320 valence electrons. The lowest BCUT2D eigenvalue weighted by Gasteiger charge is -2.36. The van der Waals surface area contributed by atoms with Gasteiger partial charge in [0.2, 0.25) is 0 Å². The Balaban J connectivity index is 0.000000235. The van der Waals surface area contributed by atoms with Crippen LogP contribution in [0, 0.1) is 11.8 Å². The van der Waals surface area contributed by atoms with Crippen molar-refractivity contribution in [2.45, 2.75) is 154 Å². The number of aliphatic hydroxyl groups excluding tert-OH is 2. The van der Waals surface area contributed by atoms with Crippen molar-refractivity contribution in [2.24, 2.45) is 17.6 Å². The highest BCUT2D eigenvalue weighted by Crippen LogP contribution is 2.43. The molecule has 2 aromatic carbocycles. The van der Waals surface area contributed by atoms with Gasteiger partial charge in [0.1, 0.15) is 16.8 Å². The minimum absolute atomic E-state index is 0. The van der Waals surface area contributed by atoms with E-state index in [1.807, 2.05) is 45.0 Å². The van der Waals surface area contributed by atoms with Crippen LogP contribution in [0.2, 0.25) is 0 Å². The molecule has 2 aliphatic carbocycles. The van der Waals surface area contributed by atoms with Gasteiger partial charge in [-0.3, -0.25) is 9.80 Å².